The number of hydrogen-bond donors (Lipinski definition) is 1. The third-order valence-electron chi connectivity index (χ3n) is 4.25. The monoisotopic (exact) mass is 366 g/mol. The average molecular weight is 366 g/mol. The summed E-state index contributed by atoms with van der Waals surface area (Å²) >= 11 is 0. The highest BCUT2D eigenvalue weighted by Gasteiger charge is 2.13. The molecule has 0 fully saturated rings. The van der Waals surface area contributed by atoms with Crippen LogP contribution in [0, 0.1) is 12.8 Å². The van der Waals surface area contributed by atoms with Crippen LogP contribution in [0.15, 0.2) is 36.4 Å². The van der Waals surface area contributed by atoms with Gasteiger partial charge in [0.15, 0.2) is 0 Å². The highest BCUT2D eigenvalue weighted by Crippen LogP contribution is 2.23. The molecule has 3 rings (SSSR count). The number of aryl methyl sites for hydroxylation is 2. The minimum Gasteiger partial charge on any atom is -0.489 e. The molecule has 1 N–H and O–H groups in total. The van der Waals surface area contributed by atoms with Crippen LogP contribution in [0.4, 0.5) is 0 Å². The van der Waals surface area contributed by atoms with Gasteiger partial charge < -0.3 is 10.1 Å². The maximum atomic E-state index is 12.4. The molecule has 0 spiro atoms. The fraction of sp³-hybridized carbons (Fsp3) is 0.381. The molecule has 0 bridgehead atoms. The van der Waals surface area contributed by atoms with Crippen LogP contribution in [0.3, 0.4) is 0 Å². The van der Waals surface area contributed by atoms with Crippen molar-refractivity contribution in [2.24, 2.45) is 13.0 Å². The summed E-state index contributed by atoms with van der Waals surface area (Å²) in [4.78, 5) is 16.9. The normalized spacial score (nSPS) is 11.1. The van der Waals surface area contributed by atoms with E-state index in [9.17, 15) is 4.79 Å². The van der Waals surface area contributed by atoms with Crippen LogP contribution < -0.4 is 10.1 Å². The summed E-state index contributed by atoms with van der Waals surface area (Å²) in [5.74, 6) is 1.09. The predicted molar refractivity (Wildman–Crippen MR) is 106 cm³/mol. The Morgan fingerprint density at radius 1 is 1.26 bits per heavy atom. The minimum atomic E-state index is -0.143. The maximum Gasteiger partial charge on any atom is 0.269 e. The minimum absolute atomic E-state index is 0.143. The first-order valence-corrected chi connectivity index (χ1v) is 9.24. The number of pyridine rings is 1. The summed E-state index contributed by atoms with van der Waals surface area (Å²) in [5, 5.41) is 8.33. The molecule has 6 heteroatoms. The molecule has 2 aromatic heterocycles. The van der Waals surface area contributed by atoms with Gasteiger partial charge in [0, 0.05) is 18.1 Å². The van der Waals surface area contributed by atoms with Crippen LogP contribution in [0.25, 0.3) is 10.9 Å². The number of nitrogens with zero attached hydrogens (tertiary/aromatic N) is 3. The first-order chi connectivity index (χ1) is 12.9. The number of nitrogens with one attached hydrogen (secondary N) is 1. The molecule has 142 valence electrons. The van der Waals surface area contributed by atoms with Crippen molar-refractivity contribution in [1.29, 1.82) is 0 Å². The van der Waals surface area contributed by atoms with E-state index in [1.807, 2.05) is 43.3 Å². The Bertz CT molecular complexity index is 947. The van der Waals surface area contributed by atoms with E-state index < -0.39 is 0 Å². The van der Waals surface area contributed by atoms with E-state index in [4.69, 9.17) is 4.74 Å². The van der Waals surface area contributed by atoms with E-state index in [2.05, 4.69) is 29.2 Å². The molecule has 0 radical (unpaired) electrons. The van der Waals surface area contributed by atoms with Crippen molar-refractivity contribution < 1.29 is 9.53 Å². The number of carbonyl (C=O) groups excluding carboxylic acids is 1. The summed E-state index contributed by atoms with van der Waals surface area (Å²) in [6.45, 7) is 7.01. The van der Waals surface area contributed by atoms with E-state index >= 15 is 0 Å². The summed E-state index contributed by atoms with van der Waals surface area (Å²) in [6, 6.07) is 11.7. The Morgan fingerprint density at radius 3 is 2.85 bits per heavy atom. The third-order valence-corrected chi connectivity index (χ3v) is 4.25. The second-order valence-electron chi connectivity index (χ2n) is 7.13. The lowest BCUT2D eigenvalue weighted by Crippen LogP contribution is -2.29. The molecule has 0 aliphatic rings. The first kappa shape index (κ1) is 18.9. The molecule has 2 heterocycles. The van der Waals surface area contributed by atoms with Crippen LogP contribution in [-0.2, 0) is 13.5 Å². The lowest BCUT2D eigenvalue weighted by atomic mass is 10.1. The fourth-order valence-electron chi connectivity index (χ4n) is 3.01. The number of carbonyl (C=O) groups is 1. The zero-order valence-electron chi connectivity index (χ0n) is 16.3. The molecular weight excluding hydrogens is 340 g/mol. The van der Waals surface area contributed by atoms with Gasteiger partial charge >= 0.3 is 0 Å². The van der Waals surface area contributed by atoms with Crippen molar-refractivity contribution >= 4 is 16.8 Å². The van der Waals surface area contributed by atoms with Gasteiger partial charge in [-0.1, -0.05) is 32.0 Å². The van der Waals surface area contributed by atoms with Gasteiger partial charge in [0.1, 0.15) is 23.6 Å². The summed E-state index contributed by atoms with van der Waals surface area (Å²) < 4.78 is 7.48. The average Bonchev–Trinajstić information content (AvgIpc) is 2.98. The van der Waals surface area contributed by atoms with E-state index in [1.54, 1.807) is 11.7 Å². The first-order valence-electron chi connectivity index (χ1n) is 9.24. The van der Waals surface area contributed by atoms with Crippen molar-refractivity contribution in [2.75, 3.05) is 13.2 Å². The molecule has 1 aromatic carbocycles. The van der Waals surface area contributed by atoms with E-state index in [1.165, 1.54) is 0 Å². The standard InChI is InChI=1S/C21H26N4O2/c1-14(2)12-17-13-18(25(4)24-17)21(26)22-10-11-27-19-7-5-6-16-9-8-15(3)23-20(16)19/h5-9,13-14H,10-12H2,1-4H3,(H,22,26). The molecule has 0 atom stereocenters. The van der Waals surface area contributed by atoms with Crippen LogP contribution in [0.5, 0.6) is 5.75 Å². The van der Waals surface area contributed by atoms with Crippen molar-refractivity contribution in [2.45, 2.75) is 27.2 Å². The van der Waals surface area contributed by atoms with E-state index in [0.29, 0.717) is 24.8 Å². The van der Waals surface area contributed by atoms with Crippen molar-refractivity contribution in [1.82, 2.24) is 20.1 Å². The van der Waals surface area contributed by atoms with E-state index in [0.717, 1.165) is 34.5 Å². The molecule has 6 nitrogen and oxygen atoms in total. The second kappa shape index (κ2) is 8.20. The SMILES string of the molecule is Cc1ccc2cccc(OCCNC(=O)c3cc(CC(C)C)nn3C)c2n1. The molecule has 27 heavy (non-hydrogen) atoms. The van der Waals surface area contributed by atoms with Gasteiger partial charge in [-0.15, -0.1) is 0 Å². The van der Waals surface area contributed by atoms with Crippen LogP contribution in [0.1, 0.15) is 35.7 Å². The lowest BCUT2D eigenvalue weighted by Gasteiger charge is -2.10. The summed E-state index contributed by atoms with van der Waals surface area (Å²) in [5.41, 5.74) is 3.29. The molecule has 3 aromatic rings. The quantitative estimate of drug-likeness (QED) is 0.652. The highest BCUT2D eigenvalue weighted by atomic mass is 16.5. The fourth-order valence-corrected chi connectivity index (χ4v) is 3.01. The van der Waals surface area contributed by atoms with Gasteiger partial charge in [0.25, 0.3) is 5.91 Å². The predicted octanol–water partition coefficient (Wildman–Crippen LogP) is 3.28. The lowest BCUT2D eigenvalue weighted by molar-refractivity contribution is 0.0937. The number of benzene rings is 1. The van der Waals surface area contributed by atoms with Gasteiger partial charge in [-0.25, -0.2) is 4.98 Å². The number of para-hydroxylation sites is 1. The Hall–Kier alpha value is -2.89. The number of fused-ring (bicyclic) bond motifs is 1. The summed E-state index contributed by atoms with van der Waals surface area (Å²) in [6.07, 6.45) is 0.859. The molecule has 0 aliphatic carbocycles. The van der Waals surface area contributed by atoms with Crippen LogP contribution in [0.2, 0.25) is 0 Å². The Morgan fingerprint density at radius 2 is 2.07 bits per heavy atom. The van der Waals surface area contributed by atoms with E-state index in [-0.39, 0.29) is 5.91 Å². The van der Waals surface area contributed by atoms with Gasteiger partial charge in [-0.2, -0.15) is 5.10 Å². The topological polar surface area (TPSA) is 69.0 Å². The smallest absolute Gasteiger partial charge is 0.269 e. The Balaban J connectivity index is 1.57. The largest absolute Gasteiger partial charge is 0.489 e. The number of ether oxygens (including phenoxy) is 1. The van der Waals surface area contributed by atoms with Crippen molar-refractivity contribution in [3.8, 4) is 5.75 Å². The number of amides is 1. The van der Waals surface area contributed by atoms with Gasteiger partial charge in [0.05, 0.1) is 12.2 Å². The highest BCUT2D eigenvalue weighted by molar-refractivity contribution is 5.92. The Kier molecular flexibility index (Phi) is 5.74. The van der Waals surface area contributed by atoms with Gasteiger partial charge in [-0.05, 0) is 37.5 Å². The van der Waals surface area contributed by atoms with Gasteiger partial charge in [-0.3, -0.25) is 9.48 Å². The van der Waals surface area contributed by atoms with Gasteiger partial charge in [0.2, 0.25) is 0 Å². The maximum absolute atomic E-state index is 12.4. The second-order valence-corrected chi connectivity index (χ2v) is 7.13. The number of aromatic nitrogens is 3. The molecule has 0 saturated heterocycles. The van der Waals surface area contributed by atoms with Crippen LogP contribution >= 0.6 is 0 Å². The number of rotatable bonds is 7. The Labute approximate surface area is 159 Å². The molecule has 0 saturated carbocycles. The number of hydrogen-bond acceptors (Lipinski definition) is 4. The zero-order valence-corrected chi connectivity index (χ0v) is 16.3. The summed E-state index contributed by atoms with van der Waals surface area (Å²) in [7, 11) is 1.79. The molecule has 0 aliphatic heterocycles. The molecule has 1 amide bonds. The van der Waals surface area contributed by atoms with Crippen LogP contribution in [-0.4, -0.2) is 33.8 Å². The molecular formula is C21H26N4O2. The van der Waals surface area contributed by atoms with Crippen molar-refractivity contribution in [3.05, 3.63) is 53.5 Å². The molecule has 0 unspecified atom stereocenters. The zero-order chi connectivity index (χ0) is 19.4. The third kappa shape index (κ3) is 4.64. The van der Waals surface area contributed by atoms with Crippen molar-refractivity contribution in [3.63, 3.8) is 0 Å².